The molecule has 0 saturated carbocycles. The van der Waals surface area contributed by atoms with E-state index in [1.54, 1.807) is 11.8 Å². The van der Waals surface area contributed by atoms with Gasteiger partial charge in [-0.15, -0.1) is 11.8 Å². The quantitative estimate of drug-likeness (QED) is 0.474. The first-order valence-electron chi connectivity index (χ1n) is 7.03. The fraction of sp³-hybridized carbons (Fsp3) is 0.294. The molecule has 2 aromatic carbocycles. The summed E-state index contributed by atoms with van der Waals surface area (Å²) in [5.41, 5.74) is 8.00. The molecule has 0 saturated heterocycles. The molecule has 3 nitrogen and oxygen atoms in total. The molecule has 0 amide bonds. The van der Waals surface area contributed by atoms with Crippen LogP contribution in [0.3, 0.4) is 0 Å². The Morgan fingerprint density at radius 2 is 1.67 bits per heavy atom. The minimum Gasteiger partial charge on any atom is -0.494 e. The van der Waals surface area contributed by atoms with Gasteiger partial charge in [0, 0.05) is 16.3 Å². The number of nitrogens with two attached hydrogens (primary N) is 1. The highest BCUT2D eigenvalue weighted by atomic mass is 32.2. The number of nitrogen functional groups attached to an aromatic ring is 1. The first-order valence-corrected chi connectivity index (χ1v) is 8.02. The van der Waals surface area contributed by atoms with Crippen LogP contribution in [0.2, 0.25) is 0 Å². The van der Waals surface area contributed by atoms with Crippen LogP contribution in [0.4, 0.5) is 5.69 Å². The second-order valence-electron chi connectivity index (χ2n) is 4.64. The summed E-state index contributed by atoms with van der Waals surface area (Å²) >= 11 is 1.71. The van der Waals surface area contributed by atoms with Crippen LogP contribution in [-0.2, 0) is 0 Å². The number of ether oxygens (including phenoxy) is 2. The first-order chi connectivity index (χ1) is 10.2. The number of thioether (sulfide) groups is 1. The summed E-state index contributed by atoms with van der Waals surface area (Å²) in [6.07, 6.45) is 0. The van der Waals surface area contributed by atoms with Gasteiger partial charge in [-0.25, -0.2) is 0 Å². The lowest BCUT2D eigenvalue weighted by molar-refractivity contribution is 0.332. The molecule has 0 fully saturated rings. The van der Waals surface area contributed by atoms with Gasteiger partial charge in [-0.2, -0.15) is 0 Å². The minimum atomic E-state index is 0.645. The van der Waals surface area contributed by atoms with Gasteiger partial charge in [-0.05, 0) is 55.8 Å². The zero-order valence-electron chi connectivity index (χ0n) is 12.5. The molecule has 0 spiro atoms. The van der Waals surface area contributed by atoms with Crippen molar-refractivity contribution < 1.29 is 9.47 Å². The smallest absolute Gasteiger partial charge is 0.119 e. The number of anilines is 1. The van der Waals surface area contributed by atoms with Crippen LogP contribution in [0.25, 0.3) is 0 Å². The third-order valence-corrected chi connectivity index (χ3v) is 3.96. The summed E-state index contributed by atoms with van der Waals surface area (Å²) in [6.45, 7) is 5.33. The molecule has 0 heterocycles. The van der Waals surface area contributed by atoms with Crippen LogP contribution in [0, 0.1) is 6.92 Å². The van der Waals surface area contributed by atoms with E-state index in [0.717, 1.165) is 27.8 Å². The van der Waals surface area contributed by atoms with Gasteiger partial charge in [0.25, 0.3) is 0 Å². The van der Waals surface area contributed by atoms with Gasteiger partial charge < -0.3 is 15.2 Å². The van der Waals surface area contributed by atoms with Gasteiger partial charge in [0.2, 0.25) is 0 Å². The van der Waals surface area contributed by atoms with E-state index in [1.807, 2.05) is 44.2 Å². The molecule has 0 radical (unpaired) electrons. The average molecular weight is 303 g/mol. The molecule has 0 bridgehead atoms. The van der Waals surface area contributed by atoms with Crippen molar-refractivity contribution in [2.24, 2.45) is 0 Å². The van der Waals surface area contributed by atoms with E-state index in [2.05, 4.69) is 12.1 Å². The van der Waals surface area contributed by atoms with Gasteiger partial charge in [-0.3, -0.25) is 0 Å². The lowest BCUT2D eigenvalue weighted by atomic mass is 10.2. The molecule has 0 unspecified atom stereocenters. The predicted octanol–water partition coefficient (Wildman–Crippen LogP) is 4.15. The maximum Gasteiger partial charge on any atom is 0.119 e. The highest BCUT2D eigenvalue weighted by molar-refractivity contribution is 7.99. The minimum absolute atomic E-state index is 0.645. The molecule has 2 N–H and O–H groups in total. The Morgan fingerprint density at radius 3 is 2.29 bits per heavy atom. The lowest BCUT2D eigenvalue weighted by Gasteiger charge is -2.09. The molecular formula is C17H21NO2S. The zero-order chi connectivity index (χ0) is 15.1. The predicted molar refractivity (Wildman–Crippen MR) is 89.4 cm³/mol. The van der Waals surface area contributed by atoms with Crippen molar-refractivity contribution >= 4 is 17.4 Å². The van der Waals surface area contributed by atoms with E-state index in [4.69, 9.17) is 15.2 Å². The van der Waals surface area contributed by atoms with Crippen molar-refractivity contribution in [1.29, 1.82) is 0 Å². The van der Waals surface area contributed by atoms with Gasteiger partial charge >= 0.3 is 0 Å². The molecule has 0 aromatic heterocycles. The van der Waals surface area contributed by atoms with E-state index in [-0.39, 0.29) is 0 Å². The maximum absolute atomic E-state index is 5.98. The number of hydrogen-bond acceptors (Lipinski definition) is 4. The third-order valence-electron chi connectivity index (χ3n) is 2.91. The first kappa shape index (κ1) is 15.6. The van der Waals surface area contributed by atoms with E-state index < -0.39 is 0 Å². The Bertz CT molecular complexity index is 570. The average Bonchev–Trinajstić information content (AvgIpc) is 2.47. The monoisotopic (exact) mass is 303 g/mol. The van der Waals surface area contributed by atoms with Crippen LogP contribution >= 0.6 is 11.8 Å². The summed E-state index contributed by atoms with van der Waals surface area (Å²) in [7, 11) is 0. The van der Waals surface area contributed by atoms with Crippen molar-refractivity contribution in [3.8, 4) is 11.5 Å². The fourth-order valence-electron chi connectivity index (χ4n) is 1.91. The third kappa shape index (κ3) is 4.90. The van der Waals surface area contributed by atoms with Crippen molar-refractivity contribution in [1.82, 2.24) is 0 Å². The van der Waals surface area contributed by atoms with Crippen molar-refractivity contribution in [3.63, 3.8) is 0 Å². The van der Waals surface area contributed by atoms with Gasteiger partial charge in [0.1, 0.15) is 11.5 Å². The van der Waals surface area contributed by atoms with Crippen LogP contribution in [0.5, 0.6) is 11.5 Å². The summed E-state index contributed by atoms with van der Waals surface area (Å²) in [6, 6.07) is 13.8. The maximum atomic E-state index is 5.98. The van der Waals surface area contributed by atoms with Crippen LogP contribution in [-0.4, -0.2) is 19.0 Å². The lowest BCUT2D eigenvalue weighted by Crippen LogP contribution is -2.01. The number of benzene rings is 2. The molecule has 0 aliphatic carbocycles. The molecule has 0 aliphatic rings. The van der Waals surface area contributed by atoms with Crippen LogP contribution in [0.1, 0.15) is 12.5 Å². The van der Waals surface area contributed by atoms with E-state index in [9.17, 15) is 0 Å². The molecular weight excluding hydrogens is 282 g/mol. The molecule has 0 aliphatic heterocycles. The molecule has 21 heavy (non-hydrogen) atoms. The van der Waals surface area contributed by atoms with Crippen molar-refractivity contribution in [2.75, 3.05) is 24.7 Å². The molecule has 0 atom stereocenters. The highest BCUT2D eigenvalue weighted by Crippen LogP contribution is 2.26. The van der Waals surface area contributed by atoms with Crippen LogP contribution < -0.4 is 15.2 Å². The Morgan fingerprint density at radius 1 is 1.00 bits per heavy atom. The highest BCUT2D eigenvalue weighted by Gasteiger charge is 2.01. The van der Waals surface area contributed by atoms with E-state index in [0.29, 0.717) is 13.2 Å². The van der Waals surface area contributed by atoms with Gasteiger partial charge in [0.15, 0.2) is 0 Å². The number of hydrogen-bond donors (Lipinski definition) is 1. The summed E-state index contributed by atoms with van der Waals surface area (Å²) in [5.74, 6) is 2.59. The Hall–Kier alpha value is -1.81. The largest absolute Gasteiger partial charge is 0.494 e. The van der Waals surface area contributed by atoms with Crippen LogP contribution in [0.15, 0.2) is 47.4 Å². The zero-order valence-corrected chi connectivity index (χ0v) is 13.3. The molecule has 2 aromatic rings. The Balaban J connectivity index is 1.76. The molecule has 4 heteroatoms. The van der Waals surface area contributed by atoms with Gasteiger partial charge in [0.05, 0.1) is 13.2 Å². The number of aryl methyl sites for hydroxylation is 1. The fourth-order valence-corrected chi connectivity index (χ4v) is 2.69. The topological polar surface area (TPSA) is 44.5 Å². The molecule has 112 valence electrons. The summed E-state index contributed by atoms with van der Waals surface area (Å²) < 4.78 is 11.1. The second kappa shape index (κ2) is 7.84. The number of rotatable bonds is 7. The standard InChI is InChI=1S/C17H21NO2S/c1-3-19-14-5-7-15(8-6-14)20-10-11-21-17-9-4-13(2)12-16(17)18/h4-9,12H,3,10-11,18H2,1-2H3. The SMILES string of the molecule is CCOc1ccc(OCCSc2ccc(C)cc2N)cc1. The normalized spacial score (nSPS) is 10.4. The Kier molecular flexibility index (Phi) is 5.81. The Labute approximate surface area is 130 Å². The second-order valence-corrected chi connectivity index (χ2v) is 5.78. The molecule has 2 rings (SSSR count). The summed E-state index contributed by atoms with van der Waals surface area (Å²) in [5, 5.41) is 0. The van der Waals surface area contributed by atoms with E-state index >= 15 is 0 Å². The van der Waals surface area contributed by atoms with Crippen molar-refractivity contribution in [2.45, 2.75) is 18.7 Å². The van der Waals surface area contributed by atoms with Crippen molar-refractivity contribution in [3.05, 3.63) is 48.0 Å². The summed E-state index contributed by atoms with van der Waals surface area (Å²) in [4.78, 5) is 1.11. The van der Waals surface area contributed by atoms with Gasteiger partial charge in [-0.1, -0.05) is 6.07 Å². The van der Waals surface area contributed by atoms with E-state index in [1.165, 1.54) is 5.56 Å².